The largest absolute Gasteiger partial charge is 0.460 e. The van der Waals surface area contributed by atoms with Crippen LogP contribution in [-0.2, 0) is 0 Å². The maximum Gasteiger partial charge on any atom is 0.460 e. The van der Waals surface area contributed by atoms with Crippen molar-refractivity contribution in [2.45, 2.75) is 180 Å². The van der Waals surface area contributed by atoms with Gasteiger partial charge in [-0.1, -0.05) is 102 Å². The monoisotopic (exact) mass is 1010 g/mol. The first-order chi connectivity index (χ1) is 24.0. The quantitative estimate of drug-likeness (QED) is 0.0439. The lowest BCUT2D eigenvalue weighted by atomic mass is 9.91. The van der Waals surface area contributed by atoms with Gasteiger partial charge in [-0.05, 0) is 12.8 Å². The number of halogens is 27. The van der Waals surface area contributed by atoms with Gasteiger partial charge in [0.2, 0.25) is 0 Å². The van der Waals surface area contributed by atoms with Gasteiger partial charge >= 0.3 is 71.6 Å². The number of unbranched alkanes of at least 4 members (excludes halogenated alkanes) is 8. The van der Waals surface area contributed by atoms with E-state index in [0.29, 0.717) is 25.7 Å². The van der Waals surface area contributed by atoms with E-state index in [1.54, 1.807) is 13.8 Å². The van der Waals surface area contributed by atoms with Crippen LogP contribution in [0.15, 0.2) is 0 Å². The van der Waals surface area contributed by atoms with Crippen molar-refractivity contribution in [1.29, 1.82) is 0 Å². The fourth-order valence-electron chi connectivity index (χ4n) is 4.19. The Morgan fingerprint density at radius 1 is 0.339 bits per heavy atom. The Hall–Kier alpha value is -1.09. The molecule has 0 rings (SSSR count). The third kappa shape index (κ3) is 12.0. The molecule has 0 fully saturated rings. The van der Waals surface area contributed by atoms with E-state index in [1.807, 2.05) is 0 Å². The minimum absolute atomic E-state index is 0. The van der Waals surface area contributed by atoms with Gasteiger partial charge in [0.15, 0.2) is 0 Å². The van der Waals surface area contributed by atoms with E-state index in [-0.39, 0.29) is 33.1 Å². The lowest BCUT2D eigenvalue weighted by Gasteiger charge is -2.40. The molecule has 27 heteroatoms. The Kier molecular flexibility index (Phi) is 21.1. The van der Waals surface area contributed by atoms with Gasteiger partial charge in [-0.2, -0.15) is 114 Å². The highest BCUT2D eigenvalue weighted by Crippen LogP contribution is 2.62. The third-order valence-electron chi connectivity index (χ3n) is 7.69. The highest BCUT2D eigenvalue weighted by molar-refractivity contribution is 14.1. The molecule has 342 valence electrons. The van der Waals surface area contributed by atoms with Crippen molar-refractivity contribution in [3.63, 3.8) is 0 Å². The molecule has 0 N–H and O–H groups in total. The molecule has 0 radical (unpaired) electrons. The van der Waals surface area contributed by atoms with Crippen LogP contribution in [0, 0.1) is 0 Å². The summed E-state index contributed by atoms with van der Waals surface area (Å²) in [5.74, 6) is -72.6. The molecule has 0 spiro atoms. The molecule has 0 bridgehead atoms. The van der Waals surface area contributed by atoms with Crippen molar-refractivity contribution in [3.8, 4) is 0 Å². The van der Waals surface area contributed by atoms with Crippen LogP contribution in [0.25, 0.3) is 0 Å². The Morgan fingerprint density at radius 3 is 0.929 bits per heavy atom. The first-order valence-electron chi connectivity index (χ1n) is 15.6. The van der Waals surface area contributed by atoms with Gasteiger partial charge in [0.1, 0.15) is 0 Å². The van der Waals surface area contributed by atoms with Crippen molar-refractivity contribution >= 4 is 22.6 Å². The zero-order valence-corrected chi connectivity index (χ0v) is 30.1. The molecule has 0 aromatic heterocycles. The predicted molar refractivity (Wildman–Crippen MR) is 157 cm³/mol. The van der Waals surface area contributed by atoms with Gasteiger partial charge in [0.05, 0.1) is 0 Å². The van der Waals surface area contributed by atoms with Crippen molar-refractivity contribution in [2.75, 3.05) is 0 Å². The molecule has 0 heterocycles. The van der Waals surface area contributed by atoms with Crippen LogP contribution < -0.4 is 0 Å². The number of hydrogen-bond acceptors (Lipinski definition) is 0. The number of rotatable bonds is 22. The molecule has 0 amide bonds. The van der Waals surface area contributed by atoms with Gasteiger partial charge in [0.25, 0.3) is 0 Å². The van der Waals surface area contributed by atoms with E-state index in [9.17, 15) is 114 Å². The summed E-state index contributed by atoms with van der Waals surface area (Å²) in [5.41, 5.74) is 0. The van der Waals surface area contributed by atoms with Crippen LogP contribution in [0.5, 0.6) is 0 Å². The van der Waals surface area contributed by atoms with Gasteiger partial charge < -0.3 is 0 Å². The maximum absolute atomic E-state index is 13.6. The van der Waals surface area contributed by atoms with E-state index >= 15 is 0 Å². The minimum atomic E-state index is -7.83. The Balaban J connectivity index is -0.000000986. The molecule has 0 aliphatic rings. The van der Waals surface area contributed by atoms with Crippen LogP contribution in [0.3, 0.4) is 0 Å². The zero-order valence-electron chi connectivity index (χ0n) is 28.0. The summed E-state index contributed by atoms with van der Waals surface area (Å²) in [6, 6.07) is 0. The van der Waals surface area contributed by atoms with Gasteiger partial charge in [-0.15, -0.1) is 0 Å². The van der Waals surface area contributed by atoms with Crippen molar-refractivity contribution < 1.29 is 114 Å². The molecule has 1 atom stereocenters. The normalized spacial score (nSPS) is 15.6. The average Bonchev–Trinajstić information content (AvgIpc) is 2.99. The molecular formula is C29H37F26I. The summed E-state index contributed by atoms with van der Waals surface area (Å²) in [5, 5.41) is 0. The maximum atomic E-state index is 13.6. The molecule has 1 unspecified atom stereocenters. The van der Waals surface area contributed by atoms with E-state index < -0.39 is 94.8 Å². The summed E-state index contributed by atoms with van der Waals surface area (Å²) < 4.78 is 334. The van der Waals surface area contributed by atoms with Crippen LogP contribution in [0.2, 0.25) is 0 Å². The SMILES string of the molecule is C.CCCCCCC(I)CC(F)(F)C(F)(F)C(F)(F)C(F)(F)C(F)(F)C(F)(F)F.CCCCCCCCC(F)(F)C(F)(F)C(F)(F)C(F)(F)C(F)(F)C(F)(F)F. The lowest BCUT2D eigenvalue weighted by Crippen LogP contribution is -2.70. The average molecular weight is 1010 g/mol. The fraction of sp³-hybridized carbons (Fsp3) is 1.00. The second-order valence-electron chi connectivity index (χ2n) is 12.2. The van der Waals surface area contributed by atoms with Crippen LogP contribution in [0.4, 0.5) is 114 Å². The highest BCUT2D eigenvalue weighted by atomic mass is 127. The lowest BCUT2D eigenvalue weighted by molar-refractivity contribution is -0.440. The molecule has 56 heavy (non-hydrogen) atoms. The third-order valence-corrected chi connectivity index (χ3v) is 8.75. The smallest absolute Gasteiger partial charge is 0.200 e. The Morgan fingerprint density at radius 2 is 0.607 bits per heavy atom. The summed E-state index contributed by atoms with van der Waals surface area (Å²) in [6.45, 7) is 3.57. The molecular weight excluding hydrogens is 969 g/mol. The van der Waals surface area contributed by atoms with Gasteiger partial charge in [-0.3, -0.25) is 0 Å². The van der Waals surface area contributed by atoms with Crippen molar-refractivity contribution in [3.05, 3.63) is 0 Å². The fourth-order valence-corrected chi connectivity index (χ4v) is 5.18. The minimum Gasteiger partial charge on any atom is -0.200 e. The van der Waals surface area contributed by atoms with E-state index in [4.69, 9.17) is 0 Å². The van der Waals surface area contributed by atoms with Crippen molar-refractivity contribution in [1.82, 2.24) is 0 Å². The first-order valence-corrected chi connectivity index (χ1v) is 16.8. The zero-order chi connectivity index (χ0) is 44.8. The Labute approximate surface area is 317 Å². The topological polar surface area (TPSA) is 0 Å². The predicted octanol–water partition coefficient (Wildman–Crippen LogP) is 16.0. The number of hydrogen-bond donors (Lipinski definition) is 0. The summed E-state index contributed by atoms with van der Waals surface area (Å²) in [7, 11) is 0. The molecule has 0 saturated carbocycles. The summed E-state index contributed by atoms with van der Waals surface area (Å²) >= 11 is 1.16. The van der Waals surface area contributed by atoms with E-state index in [0.717, 1.165) is 35.4 Å². The van der Waals surface area contributed by atoms with Gasteiger partial charge in [0, 0.05) is 16.8 Å². The first kappa shape index (κ1) is 59.2. The number of alkyl halides is 27. The molecule has 0 aromatic rings. The van der Waals surface area contributed by atoms with Crippen LogP contribution in [0.1, 0.15) is 105 Å². The Bertz CT molecular complexity index is 1140. The summed E-state index contributed by atoms with van der Waals surface area (Å²) in [6.07, 6.45) is -16.0. The molecule has 0 nitrogen and oxygen atoms in total. The molecule has 0 saturated heterocycles. The summed E-state index contributed by atoms with van der Waals surface area (Å²) in [4.78, 5) is 0. The van der Waals surface area contributed by atoms with Crippen LogP contribution in [-0.4, -0.2) is 75.5 Å². The highest BCUT2D eigenvalue weighted by Gasteiger charge is 2.92. The second-order valence-corrected chi connectivity index (χ2v) is 13.9. The van der Waals surface area contributed by atoms with E-state index in [2.05, 4.69) is 0 Å². The van der Waals surface area contributed by atoms with Crippen LogP contribution >= 0.6 is 22.6 Å². The second kappa shape index (κ2) is 20.0. The van der Waals surface area contributed by atoms with Crippen molar-refractivity contribution in [2.24, 2.45) is 0 Å². The van der Waals surface area contributed by atoms with E-state index in [1.165, 1.54) is 0 Å². The molecule has 0 aromatic carbocycles. The molecule has 0 aliphatic heterocycles. The van der Waals surface area contributed by atoms with Gasteiger partial charge in [-0.25, -0.2) is 0 Å². The standard InChI is InChI=1S/C14H16F13I.C14H17F13.CH4/c1-2-3-4-5-6-8(28)7-9(15,16)10(17,18)11(19,20)12(21,22)13(23,24)14(25,26)27;1-2-3-4-5-6-7-8-9(15,16)10(17,18)11(19,20)12(21,22)13(23,24)14(25,26)27;/h8H,2-7H2,1H3;2-8H2,1H3;1H4. The molecule has 0 aliphatic carbocycles.